The topological polar surface area (TPSA) is 55.8 Å². The van der Waals surface area contributed by atoms with E-state index in [1.807, 2.05) is 48.6 Å². The largest absolute Gasteiger partial charge is 0.490 e. The second kappa shape index (κ2) is 9.72. The molecule has 0 saturated carbocycles. The second-order valence-electron chi connectivity index (χ2n) is 6.45. The minimum atomic E-state index is -0.944. The van der Waals surface area contributed by atoms with Crippen molar-refractivity contribution in [2.75, 3.05) is 13.2 Å². The summed E-state index contributed by atoms with van der Waals surface area (Å²) in [5, 5.41) is 11.6. The molecule has 1 unspecified atom stereocenters. The molecule has 3 aromatic rings. The summed E-state index contributed by atoms with van der Waals surface area (Å²) >= 11 is 0. The quantitative estimate of drug-likeness (QED) is 0.573. The van der Waals surface area contributed by atoms with Gasteiger partial charge in [-0.1, -0.05) is 54.6 Å². The van der Waals surface area contributed by atoms with E-state index in [1.165, 1.54) is 10.8 Å². The van der Waals surface area contributed by atoms with E-state index in [0.29, 0.717) is 19.6 Å². The molecule has 4 nitrogen and oxygen atoms in total. The van der Waals surface area contributed by atoms with E-state index in [9.17, 15) is 4.79 Å². The molecule has 0 spiro atoms. The Morgan fingerprint density at radius 1 is 1.04 bits per heavy atom. The molecule has 1 atom stereocenters. The van der Waals surface area contributed by atoms with Crippen molar-refractivity contribution in [1.82, 2.24) is 0 Å². The van der Waals surface area contributed by atoms with E-state index >= 15 is 0 Å². The molecule has 0 saturated heterocycles. The first-order chi connectivity index (χ1) is 13.7. The lowest BCUT2D eigenvalue weighted by molar-refractivity contribution is -0.149. The van der Waals surface area contributed by atoms with Crippen LogP contribution >= 0.6 is 0 Å². The van der Waals surface area contributed by atoms with Crippen LogP contribution in [0.2, 0.25) is 0 Å². The number of hydrogen-bond donors (Lipinski definition) is 1. The second-order valence-corrected chi connectivity index (χ2v) is 6.45. The Morgan fingerprint density at radius 3 is 2.50 bits per heavy atom. The summed E-state index contributed by atoms with van der Waals surface area (Å²) in [6, 6.07) is 22.1. The Kier molecular flexibility index (Phi) is 6.82. The standard InChI is InChI=1S/C24H24O4/c1-2-27-23(24(25)26)17-19-10-13-22(14-11-19)28-15-5-6-18-9-12-20-7-3-4-8-21(20)16-18/h3-14,16,23H,2,15,17H2,1H3,(H,25,26). The molecule has 0 bridgehead atoms. The predicted octanol–water partition coefficient (Wildman–Crippen LogP) is 4.96. The zero-order chi connectivity index (χ0) is 19.8. The molecule has 0 aliphatic heterocycles. The van der Waals surface area contributed by atoms with E-state index < -0.39 is 12.1 Å². The van der Waals surface area contributed by atoms with Crippen molar-refractivity contribution in [3.05, 3.63) is 83.9 Å². The number of hydrogen-bond acceptors (Lipinski definition) is 3. The van der Waals surface area contributed by atoms with E-state index in [4.69, 9.17) is 14.6 Å². The number of aliphatic carboxylic acids is 1. The number of ether oxygens (including phenoxy) is 2. The fourth-order valence-corrected chi connectivity index (χ4v) is 2.99. The summed E-state index contributed by atoms with van der Waals surface area (Å²) in [6.45, 7) is 2.63. The summed E-state index contributed by atoms with van der Waals surface area (Å²) in [4.78, 5) is 11.2. The Hall–Kier alpha value is -3.11. The fourth-order valence-electron chi connectivity index (χ4n) is 2.99. The number of fused-ring (bicyclic) bond motifs is 1. The van der Waals surface area contributed by atoms with Gasteiger partial charge in [0.25, 0.3) is 0 Å². The third-order valence-electron chi connectivity index (χ3n) is 4.42. The van der Waals surface area contributed by atoms with Crippen LogP contribution in [0.15, 0.2) is 72.8 Å². The van der Waals surface area contributed by atoms with Crippen LogP contribution in [-0.2, 0) is 16.0 Å². The third kappa shape index (κ3) is 5.44. The van der Waals surface area contributed by atoms with Crippen LogP contribution in [0.4, 0.5) is 0 Å². The van der Waals surface area contributed by atoms with Gasteiger partial charge in [0.1, 0.15) is 12.4 Å². The first-order valence-corrected chi connectivity index (χ1v) is 9.37. The van der Waals surface area contributed by atoms with Crippen molar-refractivity contribution in [3.63, 3.8) is 0 Å². The van der Waals surface area contributed by atoms with Gasteiger partial charge in [-0.15, -0.1) is 0 Å². The fraction of sp³-hybridized carbons (Fsp3) is 0.208. The SMILES string of the molecule is CCOC(Cc1ccc(OCC=Cc2ccc3ccccc3c2)cc1)C(=O)O. The minimum Gasteiger partial charge on any atom is -0.490 e. The molecule has 0 aliphatic rings. The lowest BCUT2D eigenvalue weighted by atomic mass is 10.1. The highest BCUT2D eigenvalue weighted by Crippen LogP contribution is 2.17. The van der Waals surface area contributed by atoms with Gasteiger partial charge in [-0.25, -0.2) is 4.79 Å². The highest BCUT2D eigenvalue weighted by Gasteiger charge is 2.17. The molecular weight excluding hydrogens is 352 g/mol. The lowest BCUT2D eigenvalue weighted by Gasteiger charge is -2.12. The van der Waals surface area contributed by atoms with E-state index in [2.05, 4.69) is 30.3 Å². The number of carboxylic acid groups (broad SMARTS) is 1. The van der Waals surface area contributed by atoms with Crippen molar-refractivity contribution in [1.29, 1.82) is 0 Å². The van der Waals surface area contributed by atoms with Gasteiger partial charge in [-0.3, -0.25) is 0 Å². The highest BCUT2D eigenvalue weighted by atomic mass is 16.5. The Balaban J connectivity index is 1.52. The monoisotopic (exact) mass is 376 g/mol. The molecule has 0 fully saturated rings. The minimum absolute atomic E-state index is 0.339. The van der Waals surface area contributed by atoms with Crippen LogP contribution in [0.3, 0.4) is 0 Å². The summed E-state index contributed by atoms with van der Waals surface area (Å²) in [6.07, 6.45) is 3.54. The number of carbonyl (C=O) groups is 1. The molecule has 0 amide bonds. The molecule has 0 aliphatic carbocycles. The predicted molar refractivity (Wildman–Crippen MR) is 112 cm³/mol. The van der Waals surface area contributed by atoms with Crippen LogP contribution in [0.5, 0.6) is 5.75 Å². The Bertz CT molecular complexity index is 944. The smallest absolute Gasteiger partial charge is 0.333 e. The van der Waals surface area contributed by atoms with Crippen LogP contribution in [0.25, 0.3) is 16.8 Å². The zero-order valence-electron chi connectivity index (χ0n) is 15.9. The average molecular weight is 376 g/mol. The maximum absolute atomic E-state index is 11.2. The maximum Gasteiger partial charge on any atom is 0.333 e. The summed E-state index contributed by atoms with van der Waals surface area (Å²) in [7, 11) is 0. The van der Waals surface area contributed by atoms with Gasteiger partial charge >= 0.3 is 5.97 Å². The Labute approximate surface area is 165 Å². The van der Waals surface area contributed by atoms with Gasteiger partial charge in [0.05, 0.1) is 0 Å². The highest BCUT2D eigenvalue weighted by molar-refractivity contribution is 5.84. The van der Waals surface area contributed by atoms with Crippen LogP contribution < -0.4 is 4.74 Å². The molecule has 28 heavy (non-hydrogen) atoms. The first kappa shape index (κ1) is 19.6. The van der Waals surface area contributed by atoms with Gasteiger partial charge in [0, 0.05) is 13.0 Å². The summed E-state index contributed by atoms with van der Waals surface area (Å²) in [5.41, 5.74) is 2.04. The van der Waals surface area contributed by atoms with Crippen LogP contribution in [0.1, 0.15) is 18.1 Å². The van der Waals surface area contributed by atoms with Gasteiger partial charge < -0.3 is 14.6 Å². The molecule has 1 N–H and O–H groups in total. The van der Waals surface area contributed by atoms with Crippen molar-refractivity contribution in [2.45, 2.75) is 19.4 Å². The summed E-state index contributed by atoms with van der Waals surface area (Å²) < 4.78 is 11.0. The molecule has 4 heteroatoms. The number of rotatable bonds is 9. The Morgan fingerprint density at radius 2 is 1.79 bits per heavy atom. The molecule has 0 heterocycles. The molecule has 3 aromatic carbocycles. The van der Waals surface area contributed by atoms with Crippen molar-refractivity contribution in [2.24, 2.45) is 0 Å². The van der Waals surface area contributed by atoms with Crippen LogP contribution in [-0.4, -0.2) is 30.4 Å². The maximum atomic E-state index is 11.2. The van der Waals surface area contributed by atoms with Gasteiger partial charge in [0.15, 0.2) is 6.10 Å². The van der Waals surface area contributed by atoms with Gasteiger partial charge in [-0.2, -0.15) is 0 Å². The van der Waals surface area contributed by atoms with E-state index in [0.717, 1.165) is 16.9 Å². The van der Waals surface area contributed by atoms with Crippen LogP contribution in [0, 0.1) is 0 Å². The average Bonchev–Trinajstić information content (AvgIpc) is 2.72. The molecule has 3 rings (SSSR count). The number of benzene rings is 3. The van der Waals surface area contributed by atoms with E-state index in [-0.39, 0.29) is 0 Å². The third-order valence-corrected chi connectivity index (χ3v) is 4.42. The molecule has 144 valence electrons. The molecule has 0 radical (unpaired) electrons. The molecule has 0 aromatic heterocycles. The van der Waals surface area contributed by atoms with Gasteiger partial charge in [0.2, 0.25) is 0 Å². The van der Waals surface area contributed by atoms with Crippen molar-refractivity contribution < 1.29 is 19.4 Å². The van der Waals surface area contributed by atoms with Gasteiger partial charge in [-0.05, 0) is 53.1 Å². The summed E-state index contributed by atoms with van der Waals surface area (Å²) in [5.74, 6) is -0.198. The van der Waals surface area contributed by atoms with E-state index in [1.54, 1.807) is 6.92 Å². The normalized spacial score (nSPS) is 12.3. The first-order valence-electron chi connectivity index (χ1n) is 9.37. The van der Waals surface area contributed by atoms with Crippen molar-refractivity contribution >= 4 is 22.8 Å². The zero-order valence-corrected chi connectivity index (χ0v) is 15.9. The van der Waals surface area contributed by atoms with Crippen molar-refractivity contribution in [3.8, 4) is 5.75 Å². The molecular formula is C24H24O4. The lowest BCUT2D eigenvalue weighted by Crippen LogP contribution is -2.26. The number of carboxylic acids is 1.